The molecule has 0 aromatic rings. The summed E-state index contributed by atoms with van der Waals surface area (Å²) in [7, 11) is -4.52. The maximum Gasteiger partial charge on any atom is 0.574 e. The maximum absolute atomic E-state index is 14.4. The van der Waals surface area contributed by atoms with Crippen LogP contribution in [0.15, 0.2) is 0 Å². The van der Waals surface area contributed by atoms with Crippen molar-refractivity contribution in [3.05, 3.63) is 0 Å². The standard InChI is InChI=1S/C13H25F5O3Si/c1-4-9-19-22(20-10-5-2,21-11-6-3)13(17,18)8-7-12(14,15)16/h4-11H2,1-3H3. The Balaban J connectivity index is 5.24. The Kier molecular flexibility index (Phi) is 9.68. The van der Waals surface area contributed by atoms with Crippen molar-refractivity contribution >= 4 is 8.80 Å². The highest BCUT2D eigenvalue weighted by Gasteiger charge is 2.65. The molecular formula is C13H25F5O3Si. The van der Waals surface area contributed by atoms with E-state index in [1.807, 2.05) is 0 Å². The van der Waals surface area contributed by atoms with Gasteiger partial charge in [0.05, 0.1) is 0 Å². The van der Waals surface area contributed by atoms with Crippen molar-refractivity contribution in [2.45, 2.75) is 64.6 Å². The summed E-state index contributed by atoms with van der Waals surface area (Å²) in [6.07, 6.45) is -6.34. The molecule has 3 nitrogen and oxygen atoms in total. The Bertz CT molecular complexity index is 278. The lowest BCUT2D eigenvalue weighted by atomic mass is 10.3. The van der Waals surface area contributed by atoms with Crippen LogP contribution in [0.3, 0.4) is 0 Å². The van der Waals surface area contributed by atoms with Crippen molar-refractivity contribution in [2.24, 2.45) is 0 Å². The van der Waals surface area contributed by atoms with Crippen molar-refractivity contribution < 1.29 is 35.2 Å². The Morgan fingerprint density at radius 2 is 1.05 bits per heavy atom. The highest BCUT2D eigenvalue weighted by atomic mass is 28.4. The maximum atomic E-state index is 14.4. The third-order valence-electron chi connectivity index (χ3n) is 2.66. The second kappa shape index (κ2) is 9.79. The molecule has 9 heteroatoms. The molecule has 0 aliphatic carbocycles. The summed E-state index contributed by atoms with van der Waals surface area (Å²) in [6.45, 7) is 5.02. The molecule has 0 radical (unpaired) electrons. The van der Waals surface area contributed by atoms with Gasteiger partial charge in [-0.25, -0.2) is 8.78 Å². The van der Waals surface area contributed by atoms with E-state index in [1.54, 1.807) is 20.8 Å². The predicted octanol–water partition coefficient (Wildman–Crippen LogP) is 4.72. The highest BCUT2D eigenvalue weighted by molar-refractivity contribution is 6.63. The molecule has 0 atom stereocenters. The number of halogens is 5. The molecule has 0 rings (SSSR count). The van der Waals surface area contributed by atoms with Crippen LogP contribution in [-0.2, 0) is 13.3 Å². The van der Waals surface area contributed by atoms with E-state index < -0.39 is 33.4 Å². The van der Waals surface area contributed by atoms with Crippen LogP contribution in [0.1, 0.15) is 52.9 Å². The molecular weight excluding hydrogens is 327 g/mol. The fourth-order valence-electron chi connectivity index (χ4n) is 1.60. The molecule has 0 aliphatic heterocycles. The summed E-state index contributed by atoms with van der Waals surface area (Å²) < 4.78 is 81.3. The fourth-order valence-corrected chi connectivity index (χ4v) is 4.34. The third-order valence-corrected chi connectivity index (χ3v) is 5.56. The molecule has 0 saturated carbocycles. The van der Waals surface area contributed by atoms with E-state index in [0.29, 0.717) is 19.3 Å². The van der Waals surface area contributed by atoms with Crippen LogP contribution >= 0.6 is 0 Å². The lowest BCUT2D eigenvalue weighted by molar-refractivity contribution is -0.151. The minimum Gasteiger partial charge on any atom is -0.370 e. The summed E-state index contributed by atoms with van der Waals surface area (Å²) in [6, 6.07) is 0. The van der Waals surface area contributed by atoms with Crippen molar-refractivity contribution in [1.82, 2.24) is 0 Å². The zero-order chi connectivity index (χ0) is 17.3. The number of alkyl halides is 5. The smallest absolute Gasteiger partial charge is 0.370 e. The lowest BCUT2D eigenvalue weighted by Crippen LogP contribution is -2.61. The summed E-state index contributed by atoms with van der Waals surface area (Å²) in [5.74, 6) is 0. The van der Waals surface area contributed by atoms with Gasteiger partial charge in [-0.2, -0.15) is 13.2 Å². The van der Waals surface area contributed by atoms with Gasteiger partial charge < -0.3 is 13.3 Å². The molecule has 0 unspecified atom stereocenters. The number of hydrogen-bond acceptors (Lipinski definition) is 3. The van der Waals surface area contributed by atoms with Crippen LogP contribution in [-0.4, -0.2) is 40.3 Å². The van der Waals surface area contributed by atoms with Gasteiger partial charge in [-0.15, -0.1) is 0 Å². The first-order valence-corrected chi connectivity index (χ1v) is 9.23. The van der Waals surface area contributed by atoms with Gasteiger partial charge in [-0.05, 0) is 19.3 Å². The minimum atomic E-state index is -4.66. The van der Waals surface area contributed by atoms with Crippen molar-refractivity contribution in [3.63, 3.8) is 0 Å². The van der Waals surface area contributed by atoms with Gasteiger partial charge in [-0.3, -0.25) is 0 Å². The number of hydrogen-bond donors (Lipinski definition) is 0. The van der Waals surface area contributed by atoms with Crippen molar-refractivity contribution in [1.29, 1.82) is 0 Å². The van der Waals surface area contributed by atoms with Crippen molar-refractivity contribution in [3.8, 4) is 0 Å². The Morgan fingerprint density at radius 3 is 1.32 bits per heavy atom. The zero-order valence-corrected chi connectivity index (χ0v) is 14.3. The molecule has 0 bridgehead atoms. The summed E-state index contributed by atoms with van der Waals surface area (Å²) in [5.41, 5.74) is -3.78. The SMILES string of the molecule is CCCO[Si](OCCC)(OCCC)C(F)(F)CCC(F)(F)F. The summed E-state index contributed by atoms with van der Waals surface area (Å²) in [4.78, 5) is 0. The molecule has 0 aromatic heterocycles. The van der Waals surface area contributed by atoms with E-state index in [2.05, 4.69) is 0 Å². The highest BCUT2D eigenvalue weighted by Crippen LogP contribution is 2.38. The number of rotatable bonds is 12. The molecule has 0 amide bonds. The van der Waals surface area contributed by atoms with Crippen LogP contribution in [0.25, 0.3) is 0 Å². The monoisotopic (exact) mass is 352 g/mol. The molecule has 0 N–H and O–H groups in total. The van der Waals surface area contributed by atoms with Gasteiger partial charge >= 0.3 is 20.5 Å². The second-order valence-corrected chi connectivity index (χ2v) is 7.63. The average Bonchev–Trinajstić information content (AvgIpc) is 2.44. The molecule has 22 heavy (non-hydrogen) atoms. The van der Waals surface area contributed by atoms with Gasteiger partial charge in [-0.1, -0.05) is 20.8 Å². The zero-order valence-electron chi connectivity index (χ0n) is 13.3. The molecule has 0 spiro atoms. The molecule has 134 valence electrons. The van der Waals surface area contributed by atoms with E-state index in [1.165, 1.54) is 0 Å². The molecule has 0 aliphatic rings. The van der Waals surface area contributed by atoms with Gasteiger partial charge in [0.25, 0.3) is 0 Å². The molecule has 0 fully saturated rings. The first-order valence-electron chi connectivity index (χ1n) is 7.50. The van der Waals surface area contributed by atoms with E-state index in [-0.39, 0.29) is 19.8 Å². The van der Waals surface area contributed by atoms with Gasteiger partial charge in [0.15, 0.2) is 0 Å². The Morgan fingerprint density at radius 1 is 0.682 bits per heavy atom. The molecule has 0 heterocycles. The topological polar surface area (TPSA) is 27.7 Å². The van der Waals surface area contributed by atoms with Gasteiger partial charge in [0, 0.05) is 32.7 Å². The predicted molar refractivity (Wildman–Crippen MR) is 74.7 cm³/mol. The molecule has 0 aromatic carbocycles. The molecule has 0 saturated heterocycles. The van der Waals surface area contributed by atoms with E-state index in [9.17, 15) is 22.0 Å². The Hall–Kier alpha value is -0.253. The van der Waals surface area contributed by atoms with Gasteiger partial charge in [0.2, 0.25) is 0 Å². The second-order valence-electron chi connectivity index (χ2n) is 4.92. The van der Waals surface area contributed by atoms with E-state index in [0.717, 1.165) is 0 Å². The van der Waals surface area contributed by atoms with E-state index in [4.69, 9.17) is 13.3 Å². The third kappa shape index (κ3) is 7.34. The van der Waals surface area contributed by atoms with Crippen LogP contribution in [0, 0.1) is 0 Å². The van der Waals surface area contributed by atoms with Crippen LogP contribution in [0.2, 0.25) is 0 Å². The van der Waals surface area contributed by atoms with Crippen LogP contribution in [0.4, 0.5) is 22.0 Å². The summed E-state index contributed by atoms with van der Waals surface area (Å²) >= 11 is 0. The largest absolute Gasteiger partial charge is 0.574 e. The summed E-state index contributed by atoms with van der Waals surface area (Å²) in [5, 5.41) is 0. The quantitative estimate of drug-likeness (QED) is 0.376. The lowest BCUT2D eigenvalue weighted by Gasteiger charge is -2.35. The van der Waals surface area contributed by atoms with Crippen LogP contribution < -0.4 is 0 Å². The van der Waals surface area contributed by atoms with Gasteiger partial charge in [0.1, 0.15) is 0 Å². The first kappa shape index (κ1) is 21.7. The normalized spacial score (nSPS) is 13.6. The minimum absolute atomic E-state index is 0.0404. The van der Waals surface area contributed by atoms with E-state index >= 15 is 0 Å². The Labute approximate surface area is 129 Å². The van der Waals surface area contributed by atoms with Crippen LogP contribution in [0.5, 0.6) is 0 Å². The fraction of sp³-hybridized carbons (Fsp3) is 1.00. The van der Waals surface area contributed by atoms with Crippen molar-refractivity contribution in [2.75, 3.05) is 19.8 Å². The first-order chi connectivity index (χ1) is 10.1. The average molecular weight is 352 g/mol.